The van der Waals surface area contributed by atoms with Gasteiger partial charge in [-0.3, -0.25) is 9.59 Å². The molecule has 164 valence electrons. The predicted molar refractivity (Wildman–Crippen MR) is 122 cm³/mol. The molecule has 4 atom stereocenters. The van der Waals surface area contributed by atoms with Crippen LogP contribution < -0.4 is 0 Å². The van der Waals surface area contributed by atoms with Crippen molar-refractivity contribution in [2.75, 3.05) is 26.2 Å². The number of aromatic amines is 2. The van der Waals surface area contributed by atoms with Gasteiger partial charge in [0.15, 0.2) is 0 Å². The minimum atomic E-state index is 0. The van der Waals surface area contributed by atoms with Gasteiger partial charge in [0.25, 0.3) is 11.8 Å². The summed E-state index contributed by atoms with van der Waals surface area (Å²) in [5.74, 6) is 2.16. The summed E-state index contributed by atoms with van der Waals surface area (Å²) in [4.78, 5) is 33.4. The molecule has 0 radical (unpaired) electrons. The van der Waals surface area contributed by atoms with E-state index in [0.717, 1.165) is 48.2 Å². The maximum Gasteiger partial charge on any atom is 0.253 e. The van der Waals surface area contributed by atoms with Crippen molar-refractivity contribution in [3.05, 3.63) is 59.8 Å². The number of hydrogen-bond acceptors (Lipinski definition) is 4. The molecule has 4 heterocycles. The lowest BCUT2D eigenvalue weighted by atomic mass is 9.60. The van der Waals surface area contributed by atoms with Crippen molar-refractivity contribution in [1.82, 2.24) is 30.2 Å². The zero-order chi connectivity index (χ0) is 21.4. The lowest BCUT2D eigenvalue weighted by molar-refractivity contribution is 0.0629. The lowest BCUT2D eigenvalue weighted by Crippen LogP contribution is -2.44. The third kappa shape index (κ3) is 2.49. The highest BCUT2D eigenvalue weighted by molar-refractivity contribution is 5.99. The molecule has 4 aromatic rings. The zero-order valence-electron chi connectivity index (χ0n) is 17.4. The van der Waals surface area contributed by atoms with Crippen LogP contribution in [0.25, 0.3) is 21.9 Å². The molecule has 2 N–H and O–H groups in total. The fourth-order valence-corrected chi connectivity index (χ4v) is 6.23. The second kappa shape index (κ2) is 6.41. The Labute approximate surface area is 186 Å². The molecule has 8 nitrogen and oxygen atoms in total. The van der Waals surface area contributed by atoms with Crippen molar-refractivity contribution in [1.29, 1.82) is 0 Å². The number of nitrogens with one attached hydrogen (secondary N) is 2. The highest BCUT2D eigenvalue weighted by Gasteiger charge is 2.59. The van der Waals surface area contributed by atoms with Gasteiger partial charge in [-0.05, 0) is 66.1 Å². The quantitative estimate of drug-likeness (QED) is 0.511. The molecule has 32 heavy (non-hydrogen) atoms. The van der Waals surface area contributed by atoms with Crippen LogP contribution in [0.1, 0.15) is 23.6 Å². The summed E-state index contributed by atoms with van der Waals surface area (Å²) in [5, 5.41) is 11.8. The second-order valence-corrected chi connectivity index (χ2v) is 9.38. The second-order valence-electron chi connectivity index (χ2n) is 9.38. The highest BCUT2D eigenvalue weighted by atomic mass is 16.2. The number of rotatable bonds is 2. The maximum atomic E-state index is 13.1. The number of carbonyl (C=O) groups excluding carboxylic acids is 2. The first kappa shape index (κ1) is 17.9. The summed E-state index contributed by atoms with van der Waals surface area (Å²) in [6.45, 7) is 3.14. The Kier molecular flexibility index (Phi) is 3.60. The van der Waals surface area contributed by atoms with Crippen LogP contribution in [0.3, 0.4) is 0 Å². The summed E-state index contributed by atoms with van der Waals surface area (Å²) in [5.41, 5.74) is 3.93. The van der Waals surface area contributed by atoms with E-state index >= 15 is 0 Å². The number of likely N-dealkylation sites (tertiary alicyclic amines) is 2. The molecule has 8 heteroatoms. The average molecular weight is 431 g/mol. The normalized spacial score (nSPS) is 26.4. The molecule has 1 saturated carbocycles. The third-order valence-electron chi connectivity index (χ3n) is 7.86. The van der Waals surface area contributed by atoms with Crippen molar-refractivity contribution in [2.45, 2.75) is 0 Å². The van der Waals surface area contributed by atoms with Crippen LogP contribution >= 0.6 is 0 Å². The molecule has 2 aromatic carbocycles. The summed E-state index contributed by atoms with van der Waals surface area (Å²) < 4.78 is 0. The number of benzene rings is 2. The SMILES string of the molecule is O=C(c1ccc2[nH]ccc2c1)N1CC2C(C1)[C@@H]1CN(C(=O)c3ccc4n[nH]nc4c3)C[C@H]21.[HH].[HH]. The Hall–Kier alpha value is -3.68. The summed E-state index contributed by atoms with van der Waals surface area (Å²) in [6.07, 6.45) is 1.90. The van der Waals surface area contributed by atoms with Crippen LogP contribution in [0.2, 0.25) is 0 Å². The van der Waals surface area contributed by atoms with Gasteiger partial charge in [0.05, 0.1) is 0 Å². The van der Waals surface area contributed by atoms with Crippen LogP contribution in [-0.4, -0.2) is 68.2 Å². The number of amides is 2. The van der Waals surface area contributed by atoms with Gasteiger partial charge in [-0.1, -0.05) is 0 Å². The number of carbonyl (C=O) groups is 2. The standard InChI is InChI=1S/C24H22N6O2.2H2/c31-23(14-1-3-20-13(7-14)5-6-25-20)29-9-16-17(10-29)19-12-30(11-18(16)19)24(32)15-2-4-21-22(8-15)27-28-26-21;;/h1-8,16-19,25H,9-12H2,(H,26,27,28);2*1H/t16?,17?,18-,19+;;. The Bertz CT molecular complexity index is 1270. The average Bonchev–Trinajstić information content (AvgIpc) is 3.59. The maximum absolute atomic E-state index is 13.1. The Morgan fingerprint density at radius 2 is 1.38 bits per heavy atom. The molecule has 2 aliphatic heterocycles. The van der Waals surface area contributed by atoms with Gasteiger partial charge in [0.1, 0.15) is 11.0 Å². The lowest BCUT2D eigenvalue weighted by Gasteiger charge is -2.42. The van der Waals surface area contributed by atoms with E-state index in [4.69, 9.17) is 0 Å². The van der Waals surface area contributed by atoms with E-state index in [-0.39, 0.29) is 14.7 Å². The van der Waals surface area contributed by atoms with Crippen molar-refractivity contribution in [3.8, 4) is 0 Å². The van der Waals surface area contributed by atoms with Crippen molar-refractivity contribution in [2.24, 2.45) is 23.7 Å². The molecular weight excluding hydrogens is 404 g/mol. The van der Waals surface area contributed by atoms with Gasteiger partial charge >= 0.3 is 0 Å². The molecule has 0 bridgehead atoms. The Morgan fingerprint density at radius 3 is 2.06 bits per heavy atom. The molecule has 2 amide bonds. The molecule has 1 aliphatic carbocycles. The first-order chi connectivity index (χ1) is 15.7. The van der Waals surface area contributed by atoms with Gasteiger partial charge in [-0.2, -0.15) is 15.4 Å². The summed E-state index contributed by atoms with van der Waals surface area (Å²) in [7, 11) is 0. The molecule has 2 saturated heterocycles. The predicted octanol–water partition coefficient (Wildman–Crippen LogP) is 3.02. The van der Waals surface area contributed by atoms with Crippen molar-refractivity contribution >= 4 is 33.8 Å². The zero-order valence-corrected chi connectivity index (χ0v) is 17.4. The smallest absolute Gasteiger partial charge is 0.253 e. The number of nitrogens with zero attached hydrogens (tertiary/aromatic N) is 4. The number of fused-ring (bicyclic) bond motifs is 6. The van der Waals surface area contributed by atoms with Crippen LogP contribution in [0.15, 0.2) is 48.7 Å². The van der Waals surface area contributed by atoms with E-state index in [9.17, 15) is 9.59 Å². The first-order valence-corrected chi connectivity index (χ1v) is 11.1. The van der Waals surface area contributed by atoms with E-state index < -0.39 is 0 Å². The van der Waals surface area contributed by atoms with E-state index in [1.54, 1.807) is 0 Å². The topological polar surface area (TPSA) is 98.0 Å². The number of aromatic nitrogens is 4. The van der Waals surface area contributed by atoms with E-state index in [2.05, 4.69) is 20.4 Å². The van der Waals surface area contributed by atoms with Crippen LogP contribution in [0.4, 0.5) is 0 Å². The Balaban J connectivity index is 0.00000120. The molecule has 3 fully saturated rings. The minimum absolute atomic E-state index is 0. The molecule has 2 unspecified atom stereocenters. The summed E-state index contributed by atoms with van der Waals surface area (Å²) >= 11 is 0. The molecular formula is C24H26N6O2. The largest absolute Gasteiger partial charge is 0.361 e. The van der Waals surface area contributed by atoms with Gasteiger partial charge < -0.3 is 14.8 Å². The highest BCUT2D eigenvalue weighted by Crippen LogP contribution is 2.54. The summed E-state index contributed by atoms with van der Waals surface area (Å²) in [6, 6.07) is 13.3. The van der Waals surface area contributed by atoms with E-state index in [1.807, 2.05) is 58.5 Å². The third-order valence-corrected chi connectivity index (χ3v) is 7.86. The molecule has 3 aliphatic rings. The van der Waals surface area contributed by atoms with Crippen LogP contribution in [-0.2, 0) is 0 Å². The molecule has 7 rings (SSSR count). The molecule has 2 aromatic heterocycles. The fraction of sp³-hybridized carbons (Fsp3) is 0.333. The van der Waals surface area contributed by atoms with E-state index in [1.165, 1.54) is 0 Å². The van der Waals surface area contributed by atoms with Crippen LogP contribution in [0.5, 0.6) is 0 Å². The van der Waals surface area contributed by atoms with Crippen molar-refractivity contribution in [3.63, 3.8) is 0 Å². The van der Waals surface area contributed by atoms with E-state index in [0.29, 0.717) is 34.8 Å². The first-order valence-electron chi connectivity index (χ1n) is 11.1. The fourth-order valence-electron chi connectivity index (χ4n) is 6.23. The molecule has 0 spiro atoms. The van der Waals surface area contributed by atoms with Crippen LogP contribution in [0, 0.1) is 23.7 Å². The number of hydrogen-bond donors (Lipinski definition) is 2. The van der Waals surface area contributed by atoms with Gasteiger partial charge in [0, 0.05) is 57.3 Å². The number of H-pyrrole nitrogens is 2. The van der Waals surface area contributed by atoms with Gasteiger partial charge in [0.2, 0.25) is 0 Å². The van der Waals surface area contributed by atoms with Crippen molar-refractivity contribution < 1.29 is 12.4 Å². The van der Waals surface area contributed by atoms with Gasteiger partial charge in [-0.15, -0.1) is 0 Å². The van der Waals surface area contributed by atoms with Gasteiger partial charge in [-0.25, -0.2) is 0 Å². The Morgan fingerprint density at radius 1 is 0.781 bits per heavy atom. The monoisotopic (exact) mass is 430 g/mol. The minimum Gasteiger partial charge on any atom is -0.361 e.